The molecule has 1 aliphatic carbocycles. The van der Waals surface area contributed by atoms with Crippen molar-refractivity contribution in [3.05, 3.63) is 0 Å². The van der Waals surface area contributed by atoms with Crippen molar-refractivity contribution in [2.45, 2.75) is 77.7 Å². The zero-order chi connectivity index (χ0) is 17.6. The van der Waals surface area contributed by atoms with Crippen molar-refractivity contribution >= 4 is 11.7 Å². The molecule has 1 aliphatic rings. The SMILES string of the molecule is CCCOCCCOCCCC(=O)NC1CCC(C(=O)CC)CC1. The van der Waals surface area contributed by atoms with Crippen LogP contribution in [-0.4, -0.2) is 44.2 Å². The zero-order valence-electron chi connectivity index (χ0n) is 15.5. The Labute approximate surface area is 146 Å². The average molecular weight is 341 g/mol. The Hall–Kier alpha value is -0.940. The molecule has 140 valence electrons. The number of hydrogen-bond acceptors (Lipinski definition) is 4. The number of ether oxygens (including phenoxy) is 2. The summed E-state index contributed by atoms with van der Waals surface area (Å²) in [6.45, 7) is 6.90. The summed E-state index contributed by atoms with van der Waals surface area (Å²) >= 11 is 0. The van der Waals surface area contributed by atoms with Crippen LogP contribution in [0.5, 0.6) is 0 Å². The summed E-state index contributed by atoms with van der Waals surface area (Å²) in [5, 5.41) is 3.10. The lowest BCUT2D eigenvalue weighted by atomic mass is 9.83. The minimum atomic E-state index is 0.107. The van der Waals surface area contributed by atoms with Crippen LogP contribution in [-0.2, 0) is 19.1 Å². The van der Waals surface area contributed by atoms with E-state index in [1.54, 1.807) is 0 Å². The van der Waals surface area contributed by atoms with Gasteiger partial charge in [-0.1, -0.05) is 13.8 Å². The van der Waals surface area contributed by atoms with Gasteiger partial charge < -0.3 is 14.8 Å². The van der Waals surface area contributed by atoms with E-state index in [1.165, 1.54) is 0 Å². The van der Waals surface area contributed by atoms with Crippen molar-refractivity contribution in [1.82, 2.24) is 5.32 Å². The Morgan fingerprint density at radius 2 is 1.54 bits per heavy atom. The summed E-state index contributed by atoms with van der Waals surface area (Å²) in [5.74, 6) is 0.699. The Morgan fingerprint density at radius 1 is 0.917 bits per heavy atom. The van der Waals surface area contributed by atoms with Crippen LogP contribution >= 0.6 is 0 Å². The number of nitrogens with one attached hydrogen (secondary N) is 1. The first kappa shape index (κ1) is 21.1. The summed E-state index contributed by atoms with van der Waals surface area (Å²) in [6.07, 6.45) is 7.55. The molecule has 1 saturated carbocycles. The minimum Gasteiger partial charge on any atom is -0.381 e. The molecule has 0 radical (unpaired) electrons. The summed E-state index contributed by atoms with van der Waals surface area (Å²) in [6, 6.07) is 0.245. The Morgan fingerprint density at radius 3 is 2.17 bits per heavy atom. The standard InChI is InChI=1S/C19H35NO4/c1-3-12-23-14-6-15-24-13-5-7-19(22)20-17-10-8-16(9-11-17)18(21)4-2/h16-17H,3-15H2,1-2H3,(H,20,22). The lowest BCUT2D eigenvalue weighted by Gasteiger charge is -2.28. The van der Waals surface area contributed by atoms with Gasteiger partial charge in [-0.25, -0.2) is 0 Å². The fourth-order valence-electron chi connectivity index (χ4n) is 3.09. The Kier molecular flexibility index (Phi) is 11.7. The molecule has 1 N–H and O–H groups in total. The van der Waals surface area contributed by atoms with Crippen molar-refractivity contribution in [2.75, 3.05) is 26.4 Å². The maximum absolute atomic E-state index is 11.9. The van der Waals surface area contributed by atoms with E-state index in [4.69, 9.17) is 9.47 Å². The highest BCUT2D eigenvalue weighted by Crippen LogP contribution is 2.25. The minimum absolute atomic E-state index is 0.107. The highest BCUT2D eigenvalue weighted by Gasteiger charge is 2.25. The number of carbonyl (C=O) groups is 2. The molecule has 0 heterocycles. The quantitative estimate of drug-likeness (QED) is 0.522. The molecule has 0 saturated heterocycles. The van der Waals surface area contributed by atoms with Gasteiger partial charge in [0.05, 0.1) is 0 Å². The molecule has 5 heteroatoms. The van der Waals surface area contributed by atoms with Crippen LogP contribution in [0.3, 0.4) is 0 Å². The molecule has 24 heavy (non-hydrogen) atoms. The molecular formula is C19H35NO4. The van der Waals surface area contributed by atoms with E-state index in [2.05, 4.69) is 12.2 Å². The molecule has 0 aromatic heterocycles. The van der Waals surface area contributed by atoms with Gasteiger partial charge >= 0.3 is 0 Å². The van der Waals surface area contributed by atoms with Gasteiger partial charge in [-0.15, -0.1) is 0 Å². The van der Waals surface area contributed by atoms with Crippen molar-refractivity contribution < 1.29 is 19.1 Å². The average Bonchev–Trinajstić information content (AvgIpc) is 2.60. The number of Topliss-reactive ketones (excluding diaryl/α,β-unsaturated/α-hetero) is 1. The maximum Gasteiger partial charge on any atom is 0.220 e. The topological polar surface area (TPSA) is 64.6 Å². The van der Waals surface area contributed by atoms with Crippen LogP contribution in [0, 0.1) is 5.92 Å². The first-order chi connectivity index (χ1) is 11.7. The summed E-state index contributed by atoms with van der Waals surface area (Å²) in [5.41, 5.74) is 0. The smallest absolute Gasteiger partial charge is 0.220 e. The first-order valence-electron chi connectivity index (χ1n) is 9.64. The van der Waals surface area contributed by atoms with Crippen LogP contribution in [0.2, 0.25) is 0 Å². The van der Waals surface area contributed by atoms with Gasteiger partial charge in [0.25, 0.3) is 0 Å². The predicted octanol–water partition coefficient (Wildman–Crippen LogP) is 3.25. The number of carbonyl (C=O) groups excluding carboxylic acids is 2. The highest BCUT2D eigenvalue weighted by molar-refractivity contribution is 5.80. The van der Waals surface area contributed by atoms with Crippen molar-refractivity contribution in [1.29, 1.82) is 0 Å². The molecule has 1 amide bonds. The molecule has 0 unspecified atom stereocenters. The molecule has 5 nitrogen and oxygen atoms in total. The van der Waals surface area contributed by atoms with Crippen LogP contribution in [0.25, 0.3) is 0 Å². The molecule has 0 aliphatic heterocycles. The predicted molar refractivity (Wildman–Crippen MR) is 95.0 cm³/mol. The normalized spacial score (nSPS) is 20.8. The third kappa shape index (κ3) is 9.38. The van der Waals surface area contributed by atoms with Gasteiger partial charge in [0.2, 0.25) is 5.91 Å². The van der Waals surface area contributed by atoms with Gasteiger partial charge in [-0.3, -0.25) is 9.59 Å². The maximum atomic E-state index is 11.9. The molecule has 0 aromatic rings. The first-order valence-corrected chi connectivity index (χ1v) is 9.64. The lowest BCUT2D eigenvalue weighted by Crippen LogP contribution is -2.38. The molecular weight excluding hydrogens is 306 g/mol. The van der Waals surface area contributed by atoms with Crippen LogP contribution in [0.15, 0.2) is 0 Å². The van der Waals surface area contributed by atoms with Crippen molar-refractivity contribution in [2.24, 2.45) is 5.92 Å². The molecule has 0 aromatic carbocycles. The van der Waals surface area contributed by atoms with E-state index >= 15 is 0 Å². The van der Waals surface area contributed by atoms with E-state index in [9.17, 15) is 9.59 Å². The Bertz CT molecular complexity index is 351. The second kappa shape index (κ2) is 13.4. The van der Waals surface area contributed by atoms with E-state index < -0.39 is 0 Å². The fraction of sp³-hybridized carbons (Fsp3) is 0.895. The number of ketones is 1. The number of rotatable bonds is 13. The lowest BCUT2D eigenvalue weighted by molar-refractivity contribution is -0.124. The third-order valence-corrected chi connectivity index (χ3v) is 4.51. The number of hydrogen-bond donors (Lipinski definition) is 1. The van der Waals surface area contributed by atoms with Crippen LogP contribution < -0.4 is 5.32 Å². The van der Waals surface area contributed by atoms with E-state index in [0.29, 0.717) is 31.8 Å². The van der Waals surface area contributed by atoms with Crippen LogP contribution in [0.1, 0.15) is 71.6 Å². The second-order valence-corrected chi connectivity index (χ2v) is 6.62. The van der Waals surface area contributed by atoms with Gasteiger partial charge in [-0.05, 0) is 44.9 Å². The molecule has 1 rings (SSSR count). The van der Waals surface area contributed by atoms with E-state index in [1.807, 2.05) is 6.92 Å². The van der Waals surface area contributed by atoms with Gasteiger partial charge in [0.15, 0.2) is 0 Å². The fourth-order valence-corrected chi connectivity index (χ4v) is 3.09. The van der Waals surface area contributed by atoms with Gasteiger partial charge in [-0.2, -0.15) is 0 Å². The summed E-state index contributed by atoms with van der Waals surface area (Å²) in [4.78, 5) is 23.6. The van der Waals surface area contributed by atoms with E-state index in [0.717, 1.165) is 58.2 Å². The van der Waals surface area contributed by atoms with Gasteiger partial charge in [0, 0.05) is 51.2 Å². The largest absolute Gasteiger partial charge is 0.381 e. The number of amides is 1. The third-order valence-electron chi connectivity index (χ3n) is 4.51. The molecule has 0 spiro atoms. The zero-order valence-corrected chi connectivity index (χ0v) is 15.5. The molecule has 1 fully saturated rings. The monoisotopic (exact) mass is 341 g/mol. The summed E-state index contributed by atoms with van der Waals surface area (Å²) < 4.78 is 10.9. The van der Waals surface area contributed by atoms with Gasteiger partial charge in [0.1, 0.15) is 5.78 Å². The Balaban J connectivity index is 1.96. The van der Waals surface area contributed by atoms with E-state index in [-0.39, 0.29) is 17.9 Å². The van der Waals surface area contributed by atoms with Crippen molar-refractivity contribution in [3.63, 3.8) is 0 Å². The molecule has 0 bridgehead atoms. The van der Waals surface area contributed by atoms with Crippen LogP contribution in [0.4, 0.5) is 0 Å². The van der Waals surface area contributed by atoms with Crippen molar-refractivity contribution in [3.8, 4) is 0 Å². The summed E-state index contributed by atoms with van der Waals surface area (Å²) in [7, 11) is 0. The molecule has 0 atom stereocenters. The second-order valence-electron chi connectivity index (χ2n) is 6.62. The highest BCUT2D eigenvalue weighted by atomic mass is 16.5.